The van der Waals surface area contributed by atoms with Crippen molar-refractivity contribution in [2.75, 3.05) is 5.32 Å². The van der Waals surface area contributed by atoms with Gasteiger partial charge in [-0.2, -0.15) is 0 Å². The number of pyridine rings is 1. The zero-order valence-corrected chi connectivity index (χ0v) is 14.6. The molecule has 1 aromatic heterocycles. The van der Waals surface area contributed by atoms with Gasteiger partial charge in [0.25, 0.3) is 5.56 Å². The van der Waals surface area contributed by atoms with Gasteiger partial charge in [-0.3, -0.25) is 15.0 Å². The van der Waals surface area contributed by atoms with Crippen LogP contribution in [0.1, 0.15) is 16.7 Å². The summed E-state index contributed by atoms with van der Waals surface area (Å²) in [5.74, 6) is -2.14. The predicted molar refractivity (Wildman–Crippen MR) is 102 cm³/mol. The van der Waals surface area contributed by atoms with Crippen molar-refractivity contribution in [1.29, 1.82) is 5.41 Å². The molecule has 0 unspecified atom stereocenters. The molecule has 0 atom stereocenters. The van der Waals surface area contributed by atoms with E-state index in [1.165, 1.54) is 18.3 Å². The zero-order valence-electron chi connectivity index (χ0n) is 14.6. The molecule has 1 heterocycles. The van der Waals surface area contributed by atoms with Crippen LogP contribution in [0.15, 0.2) is 59.5 Å². The zero-order chi connectivity index (χ0) is 20.3. The second kappa shape index (κ2) is 7.83. The molecule has 0 bridgehead atoms. The van der Waals surface area contributed by atoms with E-state index in [2.05, 4.69) is 10.3 Å². The van der Waals surface area contributed by atoms with Crippen molar-refractivity contribution < 1.29 is 13.6 Å². The molecule has 1 amide bonds. The molecular formula is C20H16F2N4O2. The number of anilines is 2. The first-order valence-electron chi connectivity index (χ1n) is 8.26. The number of carbonyl (C=O) groups is 1. The molecule has 3 aromatic rings. The van der Waals surface area contributed by atoms with Gasteiger partial charge in [0.05, 0.1) is 23.4 Å². The molecular weight excluding hydrogens is 366 g/mol. The largest absolute Gasteiger partial charge is 0.369 e. The van der Waals surface area contributed by atoms with Crippen LogP contribution in [0.4, 0.5) is 20.2 Å². The summed E-state index contributed by atoms with van der Waals surface area (Å²) in [5, 5.41) is 11.0. The van der Waals surface area contributed by atoms with E-state index >= 15 is 0 Å². The molecule has 6 nitrogen and oxygen atoms in total. The fourth-order valence-corrected chi connectivity index (χ4v) is 2.72. The molecule has 0 saturated heterocycles. The maximum Gasteiger partial charge on any atom is 0.259 e. The highest BCUT2D eigenvalue weighted by Gasteiger charge is 2.17. The van der Waals surface area contributed by atoms with Crippen LogP contribution in [-0.2, 0) is 11.2 Å². The molecule has 0 aliphatic heterocycles. The van der Waals surface area contributed by atoms with Crippen molar-refractivity contribution in [3.63, 3.8) is 0 Å². The van der Waals surface area contributed by atoms with Crippen LogP contribution in [0.3, 0.4) is 0 Å². The maximum atomic E-state index is 14.0. The lowest BCUT2D eigenvalue weighted by Gasteiger charge is -2.13. The van der Waals surface area contributed by atoms with Crippen LogP contribution in [-0.4, -0.2) is 16.6 Å². The van der Waals surface area contributed by atoms with Crippen LogP contribution in [0.5, 0.6) is 0 Å². The van der Waals surface area contributed by atoms with Gasteiger partial charge in [-0.15, -0.1) is 0 Å². The van der Waals surface area contributed by atoms with E-state index in [1.807, 2.05) is 0 Å². The van der Waals surface area contributed by atoms with Crippen LogP contribution in [0.2, 0.25) is 0 Å². The first kappa shape index (κ1) is 19.0. The Labute approximate surface area is 158 Å². The number of halogens is 2. The van der Waals surface area contributed by atoms with Gasteiger partial charge in [-0.05, 0) is 23.8 Å². The number of nitrogens with two attached hydrogens (primary N) is 1. The number of amides is 1. The molecule has 0 radical (unpaired) electrons. The summed E-state index contributed by atoms with van der Waals surface area (Å²) in [6.07, 6.45) is 1.37. The Bertz CT molecular complexity index is 1090. The molecule has 8 heteroatoms. The lowest BCUT2D eigenvalue weighted by Crippen LogP contribution is -2.20. The smallest absolute Gasteiger partial charge is 0.259 e. The number of para-hydroxylation sites is 1. The first-order chi connectivity index (χ1) is 13.4. The number of carbonyl (C=O) groups excluding carboxylic acids is 1. The molecule has 3 rings (SSSR count). The van der Waals surface area contributed by atoms with Crippen LogP contribution < -0.4 is 16.6 Å². The second-order valence-electron chi connectivity index (χ2n) is 6.03. The van der Waals surface area contributed by atoms with Gasteiger partial charge in [0.2, 0.25) is 5.91 Å². The normalized spacial score (nSPS) is 10.5. The molecule has 2 aromatic carbocycles. The average Bonchev–Trinajstić information content (AvgIpc) is 2.64. The average molecular weight is 382 g/mol. The maximum absolute atomic E-state index is 14.0. The monoisotopic (exact) mass is 382 g/mol. The quantitative estimate of drug-likeness (QED) is 0.492. The van der Waals surface area contributed by atoms with Gasteiger partial charge in [-0.1, -0.05) is 30.3 Å². The fraction of sp³-hybridized carbons (Fsp3) is 0.0500. The van der Waals surface area contributed by atoms with Crippen molar-refractivity contribution in [1.82, 2.24) is 4.98 Å². The summed E-state index contributed by atoms with van der Waals surface area (Å²) >= 11 is 0. The van der Waals surface area contributed by atoms with E-state index in [9.17, 15) is 18.4 Å². The Morgan fingerprint density at radius 3 is 2.32 bits per heavy atom. The third-order valence-corrected chi connectivity index (χ3v) is 4.05. The van der Waals surface area contributed by atoms with E-state index in [0.717, 1.165) is 12.1 Å². The standard InChI is InChI=1S/C20H16F2N4O2/c21-13-2-1-3-14(22)19(13)26-15-8-9-25-20(28)17(15)18(24)12-6-4-11(5-7-12)10-16(23)27/h1-9,24H,10H2,(H2,23,27)(H2,25,26,28). The van der Waals surface area contributed by atoms with Gasteiger partial charge in [0, 0.05) is 11.8 Å². The summed E-state index contributed by atoms with van der Waals surface area (Å²) < 4.78 is 27.9. The van der Waals surface area contributed by atoms with Gasteiger partial charge in [-0.25, -0.2) is 8.78 Å². The first-order valence-corrected chi connectivity index (χ1v) is 8.26. The number of aromatic nitrogens is 1. The molecule has 0 spiro atoms. The van der Waals surface area contributed by atoms with E-state index in [-0.39, 0.29) is 23.4 Å². The van der Waals surface area contributed by atoms with E-state index in [4.69, 9.17) is 11.1 Å². The third-order valence-electron chi connectivity index (χ3n) is 4.05. The highest BCUT2D eigenvalue weighted by Crippen LogP contribution is 2.25. The highest BCUT2D eigenvalue weighted by molar-refractivity contribution is 6.14. The van der Waals surface area contributed by atoms with Crippen LogP contribution in [0.25, 0.3) is 0 Å². The number of H-pyrrole nitrogens is 1. The topological polar surface area (TPSA) is 112 Å². The highest BCUT2D eigenvalue weighted by atomic mass is 19.1. The Hall–Kier alpha value is -3.81. The number of rotatable bonds is 6. The molecule has 0 fully saturated rings. The summed E-state index contributed by atoms with van der Waals surface area (Å²) in [4.78, 5) is 25.8. The Morgan fingerprint density at radius 1 is 1.07 bits per heavy atom. The molecule has 0 aliphatic carbocycles. The number of benzene rings is 2. The SMILES string of the molecule is N=C(c1ccc(CC(N)=O)cc1)c1c(Nc2c(F)cccc2F)cc[nH]c1=O. The lowest BCUT2D eigenvalue weighted by atomic mass is 10.00. The van der Waals surface area contributed by atoms with Crippen molar-refractivity contribution in [3.05, 3.63) is 93.4 Å². The minimum atomic E-state index is -0.825. The third kappa shape index (κ3) is 3.96. The molecule has 0 saturated carbocycles. The van der Waals surface area contributed by atoms with Gasteiger partial charge < -0.3 is 16.0 Å². The van der Waals surface area contributed by atoms with Gasteiger partial charge in [0.15, 0.2) is 0 Å². The minimum absolute atomic E-state index is 0.0545. The Morgan fingerprint density at radius 2 is 1.71 bits per heavy atom. The number of nitrogens with one attached hydrogen (secondary N) is 3. The Balaban J connectivity index is 1.99. The molecule has 0 aliphatic rings. The Kier molecular flexibility index (Phi) is 5.30. The van der Waals surface area contributed by atoms with Crippen molar-refractivity contribution in [2.45, 2.75) is 6.42 Å². The predicted octanol–water partition coefficient (Wildman–Crippen LogP) is 2.84. The van der Waals surface area contributed by atoms with Crippen molar-refractivity contribution in [3.8, 4) is 0 Å². The molecule has 5 N–H and O–H groups in total. The fourth-order valence-electron chi connectivity index (χ4n) is 2.72. The van der Waals surface area contributed by atoms with Crippen molar-refractivity contribution in [2.24, 2.45) is 5.73 Å². The number of hydrogen-bond donors (Lipinski definition) is 4. The summed E-state index contributed by atoms with van der Waals surface area (Å²) in [5.41, 5.74) is 5.06. The van der Waals surface area contributed by atoms with E-state index < -0.39 is 28.8 Å². The number of aromatic amines is 1. The van der Waals surface area contributed by atoms with Crippen LogP contribution >= 0.6 is 0 Å². The van der Waals surface area contributed by atoms with E-state index in [0.29, 0.717) is 11.1 Å². The number of hydrogen-bond acceptors (Lipinski definition) is 4. The van der Waals surface area contributed by atoms with Gasteiger partial charge in [0.1, 0.15) is 17.3 Å². The lowest BCUT2D eigenvalue weighted by molar-refractivity contribution is -0.117. The summed E-state index contributed by atoms with van der Waals surface area (Å²) in [6, 6.07) is 11.2. The minimum Gasteiger partial charge on any atom is -0.369 e. The molecule has 28 heavy (non-hydrogen) atoms. The van der Waals surface area contributed by atoms with Crippen molar-refractivity contribution >= 4 is 23.0 Å². The molecule has 142 valence electrons. The second-order valence-corrected chi connectivity index (χ2v) is 6.03. The van der Waals surface area contributed by atoms with E-state index in [1.54, 1.807) is 24.3 Å². The van der Waals surface area contributed by atoms with Crippen LogP contribution in [0, 0.1) is 17.0 Å². The number of primary amides is 1. The summed E-state index contributed by atoms with van der Waals surface area (Å²) in [6.45, 7) is 0. The van der Waals surface area contributed by atoms with Gasteiger partial charge >= 0.3 is 0 Å². The summed E-state index contributed by atoms with van der Waals surface area (Å²) in [7, 11) is 0.